The number of amides is 1. The van der Waals surface area contributed by atoms with Crippen LogP contribution in [0.2, 0.25) is 0 Å². The second-order valence-electron chi connectivity index (χ2n) is 6.56. The van der Waals surface area contributed by atoms with E-state index in [0.717, 1.165) is 42.2 Å². The maximum Gasteiger partial charge on any atom is 0.228 e. The molecule has 3 heterocycles. The Morgan fingerprint density at radius 2 is 2.29 bits per heavy atom. The summed E-state index contributed by atoms with van der Waals surface area (Å²) in [5.74, 6) is 0.199. The Hall–Kier alpha value is -1.79. The predicted molar refractivity (Wildman–Crippen MR) is 97.0 cm³/mol. The van der Waals surface area contributed by atoms with E-state index in [-0.39, 0.29) is 5.91 Å². The maximum atomic E-state index is 12.8. The van der Waals surface area contributed by atoms with Gasteiger partial charge in [-0.1, -0.05) is 0 Å². The number of hydrogen-bond donors (Lipinski definition) is 0. The fourth-order valence-electron chi connectivity index (χ4n) is 3.21. The van der Waals surface area contributed by atoms with E-state index < -0.39 is 0 Å². The normalized spacial score (nSPS) is 18.1. The smallest absolute Gasteiger partial charge is 0.228 e. The molecule has 128 valence electrons. The van der Waals surface area contributed by atoms with Crippen LogP contribution in [0.25, 0.3) is 10.6 Å². The third kappa shape index (κ3) is 4.19. The van der Waals surface area contributed by atoms with E-state index in [2.05, 4.69) is 33.9 Å². The number of aromatic nitrogens is 2. The summed E-state index contributed by atoms with van der Waals surface area (Å²) in [5.41, 5.74) is 1.86. The molecule has 3 rings (SSSR count). The van der Waals surface area contributed by atoms with Gasteiger partial charge >= 0.3 is 0 Å². The van der Waals surface area contributed by atoms with E-state index in [9.17, 15) is 4.79 Å². The molecule has 1 aliphatic heterocycles. The van der Waals surface area contributed by atoms with Crippen molar-refractivity contribution in [1.82, 2.24) is 19.8 Å². The van der Waals surface area contributed by atoms with Crippen molar-refractivity contribution in [2.24, 2.45) is 0 Å². The summed E-state index contributed by atoms with van der Waals surface area (Å²) >= 11 is 1.57. The highest BCUT2D eigenvalue weighted by atomic mass is 32.1. The highest BCUT2D eigenvalue weighted by molar-refractivity contribution is 7.13. The molecule has 5 nitrogen and oxygen atoms in total. The Morgan fingerprint density at radius 1 is 1.42 bits per heavy atom. The predicted octanol–water partition coefficient (Wildman–Crippen LogP) is 2.69. The Kier molecular flexibility index (Phi) is 5.58. The number of pyridine rings is 1. The molecular formula is C18H24N4OS. The summed E-state index contributed by atoms with van der Waals surface area (Å²) in [6.07, 6.45) is 7.37. The standard InChI is InChI=1S/C18H24N4OS/c1-21(2)12-16-7-3-4-9-22(16)17(23)10-15-13-24-18(20-15)14-6-5-8-19-11-14/h5-6,8,11,13,16H,3-4,7,9-10,12H2,1-2H3/t16-/m0/s1. The van der Waals surface area contributed by atoms with Crippen molar-refractivity contribution < 1.29 is 4.79 Å². The van der Waals surface area contributed by atoms with E-state index in [0.29, 0.717) is 12.5 Å². The number of carbonyl (C=O) groups is 1. The summed E-state index contributed by atoms with van der Waals surface area (Å²) in [6.45, 7) is 1.81. The zero-order valence-electron chi connectivity index (χ0n) is 14.3. The lowest BCUT2D eigenvalue weighted by Gasteiger charge is -2.37. The monoisotopic (exact) mass is 344 g/mol. The first-order valence-corrected chi connectivity index (χ1v) is 9.30. The molecule has 0 aromatic carbocycles. The van der Waals surface area contributed by atoms with Crippen LogP contribution in [0.4, 0.5) is 0 Å². The zero-order chi connectivity index (χ0) is 16.9. The first-order valence-electron chi connectivity index (χ1n) is 8.42. The van der Waals surface area contributed by atoms with Gasteiger partial charge in [-0.15, -0.1) is 11.3 Å². The van der Waals surface area contributed by atoms with Crippen LogP contribution < -0.4 is 0 Å². The van der Waals surface area contributed by atoms with Gasteiger partial charge in [-0.3, -0.25) is 9.78 Å². The van der Waals surface area contributed by atoms with Crippen molar-refractivity contribution >= 4 is 17.2 Å². The zero-order valence-corrected chi connectivity index (χ0v) is 15.1. The molecule has 6 heteroatoms. The van der Waals surface area contributed by atoms with Crippen LogP contribution in [0, 0.1) is 0 Å². The molecule has 0 spiro atoms. The van der Waals surface area contributed by atoms with Gasteiger partial charge in [0.15, 0.2) is 0 Å². The molecule has 1 amide bonds. The first kappa shape index (κ1) is 17.0. The van der Waals surface area contributed by atoms with Gasteiger partial charge < -0.3 is 9.80 Å². The number of likely N-dealkylation sites (tertiary alicyclic amines) is 1. The lowest BCUT2D eigenvalue weighted by atomic mass is 10.0. The molecule has 0 aliphatic carbocycles. The van der Waals surface area contributed by atoms with Crippen molar-refractivity contribution in [3.8, 4) is 10.6 Å². The minimum absolute atomic E-state index is 0.199. The van der Waals surface area contributed by atoms with Crippen LogP contribution in [0.3, 0.4) is 0 Å². The average Bonchev–Trinajstić information content (AvgIpc) is 3.04. The molecule has 24 heavy (non-hydrogen) atoms. The maximum absolute atomic E-state index is 12.8. The molecule has 0 saturated carbocycles. The van der Waals surface area contributed by atoms with E-state index in [1.54, 1.807) is 17.5 Å². The largest absolute Gasteiger partial charge is 0.338 e. The summed E-state index contributed by atoms with van der Waals surface area (Å²) in [6, 6.07) is 4.23. The van der Waals surface area contributed by atoms with Crippen LogP contribution in [0.1, 0.15) is 25.0 Å². The molecule has 0 unspecified atom stereocenters. The molecule has 0 radical (unpaired) electrons. The molecule has 1 fully saturated rings. The molecule has 0 bridgehead atoms. The van der Waals surface area contributed by atoms with Gasteiger partial charge in [-0.2, -0.15) is 0 Å². The summed E-state index contributed by atoms with van der Waals surface area (Å²) in [5, 5.41) is 2.92. The Morgan fingerprint density at radius 3 is 3.04 bits per heavy atom. The number of hydrogen-bond acceptors (Lipinski definition) is 5. The van der Waals surface area contributed by atoms with Crippen molar-refractivity contribution in [1.29, 1.82) is 0 Å². The summed E-state index contributed by atoms with van der Waals surface area (Å²) < 4.78 is 0. The SMILES string of the molecule is CN(C)C[C@@H]1CCCCN1C(=O)Cc1csc(-c2cccnc2)n1. The van der Waals surface area contributed by atoms with E-state index in [1.807, 2.05) is 23.7 Å². The minimum atomic E-state index is 0.199. The molecule has 2 aromatic rings. The number of rotatable bonds is 5. The number of thiazole rings is 1. The van der Waals surface area contributed by atoms with Crippen molar-refractivity contribution in [2.45, 2.75) is 31.7 Å². The summed E-state index contributed by atoms with van der Waals surface area (Å²) in [7, 11) is 4.13. The quantitative estimate of drug-likeness (QED) is 0.837. The summed E-state index contributed by atoms with van der Waals surface area (Å²) in [4.78, 5) is 25.7. The van der Waals surface area contributed by atoms with Gasteiger partial charge in [-0.25, -0.2) is 4.98 Å². The number of likely N-dealkylation sites (N-methyl/N-ethyl adjacent to an activating group) is 1. The van der Waals surface area contributed by atoms with Gasteiger partial charge in [0, 0.05) is 42.5 Å². The molecule has 1 atom stereocenters. The van der Waals surface area contributed by atoms with Crippen molar-refractivity contribution in [3.05, 3.63) is 35.6 Å². The highest BCUT2D eigenvalue weighted by Gasteiger charge is 2.27. The molecular weight excluding hydrogens is 320 g/mol. The Labute approximate surface area is 147 Å². The van der Waals surface area contributed by atoms with Crippen LogP contribution in [0.15, 0.2) is 29.9 Å². The number of nitrogens with zero attached hydrogens (tertiary/aromatic N) is 4. The van der Waals surface area contributed by atoms with E-state index >= 15 is 0 Å². The fraction of sp³-hybridized carbons (Fsp3) is 0.500. The Balaban J connectivity index is 1.67. The topological polar surface area (TPSA) is 49.3 Å². The van der Waals surface area contributed by atoms with Gasteiger partial charge in [0.05, 0.1) is 12.1 Å². The first-order chi connectivity index (χ1) is 11.6. The second kappa shape index (κ2) is 7.85. The third-order valence-electron chi connectivity index (χ3n) is 4.32. The highest BCUT2D eigenvalue weighted by Crippen LogP contribution is 2.24. The lowest BCUT2D eigenvalue weighted by Crippen LogP contribution is -2.48. The molecule has 1 aliphatic rings. The molecule has 1 saturated heterocycles. The van der Waals surface area contributed by atoms with Crippen LogP contribution in [-0.4, -0.2) is 58.9 Å². The van der Waals surface area contributed by atoms with Gasteiger partial charge in [0.1, 0.15) is 5.01 Å². The van der Waals surface area contributed by atoms with Crippen LogP contribution in [-0.2, 0) is 11.2 Å². The average molecular weight is 344 g/mol. The lowest BCUT2D eigenvalue weighted by molar-refractivity contribution is -0.134. The van der Waals surface area contributed by atoms with Gasteiger partial charge in [0.25, 0.3) is 0 Å². The molecule has 2 aromatic heterocycles. The van der Waals surface area contributed by atoms with Crippen LogP contribution in [0.5, 0.6) is 0 Å². The molecule has 0 N–H and O–H groups in total. The third-order valence-corrected chi connectivity index (χ3v) is 5.26. The fourth-order valence-corrected chi connectivity index (χ4v) is 4.02. The minimum Gasteiger partial charge on any atom is -0.338 e. The van der Waals surface area contributed by atoms with E-state index in [4.69, 9.17) is 0 Å². The number of piperidine rings is 1. The number of carbonyl (C=O) groups excluding carboxylic acids is 1. The van der Waals surface area contributed by atoms with Crippen LogP contribution >= 0.6 is 11.3 Å². The van der Waals surface area contributed by atoms with Crippen molar-refractivity contribution in [3.63, 3.8) is 0 Å². The van der Waals surface area contributed by atoms with Crippen molar-refractivity contribution in [2.75, 3.05) is 27.2 Å². The van der Waals surface area contributed by atoms with Gasteiger partial charge in [-0.05, 0) is 45.5 Å². The second-order valence-corrected chi connectivity index (χ2v) is 7.42. The van der Waals surface area contributed by atoms with E-state index in [1.165, 1.54) is 6.42 Å². The van der Waals surface area contributed by atoms with Gasteiger partial charge in [0.2, 0.25) is 5.91 Å². The Bertz CT molecular complexity index is 671.